The summed E-state index contributed by atoms with van der Waals surface area (Å²) in [5.41, 5.74) is 5.67. The first kappa shape index (κ1) is 22.0. The molecule has 0 aliphatic carbocycles. The van der Waals surface area contributed by atoms with Gasteiger partial charge in [-0.2, -0.15) is 0 Å². The predicted octanol–water partition coefficient (Wildman–Crippen LogP) is 7.49. The van der Waals surface area contributed by atoms with E-state index in [2.05, 4.69) is 18.7 Å². The van der Waals surface area contributed by atoms with E-state index in [1.165, 1.54) is 0 Å². The molecule has 0 bridgehead atoms. The van der Waals surface area contributed by atoms with Crippen LogP contribution in [-0.4, -0.2) is 9.97 Å². The van der Waals surface area contributed by atoms with Crippen LogP contribution in [0.5, 0.6) is 0 Å². The van der Waals surface area contributed by atoms with Crippen LogP contribution in [0.4, 0.5) is 0 Å². The lowest BCUT2D eigenvalue weighted by atomic mass is 10.0. The molecule has 27 heavy (non-hydrogen) atoms. The van der Waals surface area contributed by atoms with E-state index in [-0.39, 0.29) is 0 Å². The van der Waals surface area contributed by atoms with Crippen molar-refractivity contribution in [1.29, 1.82) is 0 Å². The average molecular weight is 359 g/mol. The zero-order valence-electron chi connectivity index (χ0n) is 17.1. The monoisotopic (exact) mass is 358 g/mol. The standard InChI is InChI=1S/C21H18N2.2C2H6/c1-3-5-11-16(4-2)20-21(17-12-7-6-8-13-17)23-19-15-10-9-14-18(19)22-20;2*1-2/h3-15H,1H2,2H3;2*1-2H3/b11-5-,16-4+;;. The van der Waals surface area contributed by atoms with Crippen molar-refractivity contribution in [1.82, 2.24) is 9.97 Å². The molecule has 0 saturated heterocycles. The van der Waals surface area contributed by atoms with Crippen LogP contribution in [0, 0.1) is 0 Å². The zero-order valence-corrected chi connectivity index (χ0v) is 17.1. The Bertz CT molecular complexity index is 891. The quantitative estimate of drug-likeness (QED) is 0.451. The molecule has 0 aliphatic rings. The molecule has 2 heteroatoms. The second kappa shape index (κ2) is 12.4. The van der Waals surface area contributed by atoms with Crippen molar-refractivity contribution in [3.63, 3.8) is 0 Å². The Hall–Kier alpha value is -3.00. The third-order valence-corrected chi connectivity index (χ3v) is 3.61. The van der Waals surface area contributed by atoms with Crippen LogP contribution < -0.4 is 0 Å². The smallest absolute Gasteiger partial charge is 0.0972 e. The average Bonchev–Trinajstić information content (AvgIpc) is 2.77. The van der Waals surface area contributed by atoms with Gasteiger partial charge in [0.25, 0.3) is 0 Å². The first-order valence-corrected chi connectivity index (χ1v) is 9.61. The Morgan fingerprint density at radius 1 is 0.815 bits per heavy atom. The fourth-order valence-electron chi connectivity index (χ4n) is 2.48. The van der Waals surface area contributed by atoms with Crippen LogP contribution in [0.15, 0.2) is 85.5 Å². The Morgan fingerprint density at radius 3 is 1.93 bits per heavy atom. The fourth-order valence-corrected chi connectivity index (χ4v) is 2.48. The van der Waals surface area contributed by atoms with Crippen molar-refractivity contribution in [2.75, 3.05) is 0 Å². The summed E-state index contributed by atoms with van der Waals surface area (Å²) in [6.07, 6.45) is 7.74. The minimum absolute atomic E-state index is 0.885. The van der Waals surface area contributed by atoms with E-state index in [1.54, 1.807) is 6.08 Å². The third-order valence-electron chi connectivity index (χ3n) is 3.61. The van der Waals surface area contributed by atoms with Crippen LogP contribution in [0.2, 0.25) is 0 Å². The van der Waals surface area contributed by atoms with Crippen LogP contribution in [0.1, 0.15) is 40.3 Å². The maximum absolute atomic E-state index is 4.86. The molecule has 140 valence electrons. The number of fused-ring (bicyclic) bond motifs is 1. The maximum atomic E-state index is 4.86. The summed E-state index contributed by atoms with van der Waals surface area (Å²) >= 11 is 0. The topological polar surface area (TPSA) is 25.8 Å². The van der Waals surface area contributed by atoms with Gasteiger partial charge in [-0.05, 0) is 24.6 Å². The predicted molar refractivity (Wildman–Crippen MR) is 121 cm³/mol. The number of nitrogens with zero attached hydrogens (tertiary/aromatic N) is 2. The van der Waals surface area contributed by atoms with E-state index in [0.717, 1.165) is 33.6 Å². The van der Waals surface area contributed by atoms with Gasteiger partial charge in [0, 0.05) is 5.56 Å². The molecule has 1 aromatic heterocycles. The summed E-state index contributed by atoms with van der Waals surface area (Å²) in [5.74, 6) is 0. The summed E-state index contributed by atoms with van der Waals surface area (Å²) in [6, 6.07) is 18.1. The normalized spacial score (nSPS) is 10.6. The molecular weight excluding hydrogens is 328 g/mol. The van der Waals surface area contributed by atoms with Crippen LogP contribution >= 0.6 is 0 Å². The lowest BCUT2D eigenvalue weighted by Gasteiger charge is -2.11. The van der Waals surface area contributed by atoms with Crippen molar-refractivity contribution < 1.29 is 0 Å². The molecule has 0 atom stereocenters. The summed E-state index contributed by atoms with van der Waals surface area (Å²) in [4.78, 5) is 9.72. The van der Waals surface area contributed by atoms with Gasteiger partial charge in [-0.15, -0.1) is 0 Å². The molecule has 2 aromatic carbocycles. The van der Waals surface area contributed by atoms with Crippen molar-refractivity contribution in [3.8, 4) is 11.3 Å². The number of hydrogen-bond acceptors (Lipinski definition) is 2. The number of rotatable bonds is 4. The lowest BCUT2D eigenvalue weighted by Crippen LogP contribution is -1.97. The maximum Gasteiger partial charge on any atom is 0.0972 e. The molecule has 0 saturated carbocycles. The molecule has 2 nitrogen and oxygen atoms in total. The van der Waals surface area contributed by atoms with Crippen molar-refractivity contribution >= 4 is 16.6 Å². The second-order valence-corrected chi connectivity index (χ2v) is 5.11. The molecule has 3 rings (SSSR count). The molecule has 1 heterocycles. The van der Waals surface area contributed by atoms with Crippen LogP contribution in [0.3, 0.4) is 0 Å². The largest absolute Gasteiger partial charge is 0.244 e. The van der Waals surface area contributed by atoms with Crippen molar-refractivity contribution in [2.24, 2.45) is 0 Å². The Morgan fingerprint density at radius 2 is 1.37 bits per heavy atom. The first-order chi connectivity index (χ1) is 13.3. The van der Waals surface area contributed by atoms with Gasteiger partial charge in [-0.1, -0.05) is 101 Å². The van der Waals surface area contributed by atoms with Gasteiger partial charge in [-0.3, -0.25) is 0 Å². The Kier molecular flexibility index (Phi) is 10.1. The van der Waals surface area contributed by atoms with E-state index in [0.29, 0.717) is 0 Å². The van der Waals surface area contributed by atoms with Gasteiger partial charge >= 0.3 is 0 Å². The molecule has 0 aliphatic heterocycles. The second-order valence-electron chi connectivity index (χ2n) is 5.11. The molecular formula is C25H30N2. The molecule has 0 amide bonds. The number of hydrogen-bond donors (Lipinski definition) is 0. The summed E-state index contributed by atoms with van der Waals surface area (Å²) in [5, 5.41) is 0. The highest BCUT2D eigenvalue weighted by molar-refractivity contribution is 5.87. The Labute approximate surface area is 164 Å². The molecule has 0 unspecified atom stereocenters. The van der Waals surface area contributed by atoms with E-state index in [4.69, 9.17) is 9.97 Å². The van der Waals surface area contributed by atoms with Gasteiger partial charge in [0.15, 0.2) is 0 Å². The number of para-hydroxylation sites is 2. The summed E-state index contributed by atoms with van der Waals surface area (Å²) < 4.78 is 0. The summed E-state index contributed by atoms with van der Waals surface area (Å²) in [6.45, 7) is 13.7. The number of benzene rings is 2. The van der Waals surface area contributed by atoms with Gasteiger partial charge in [0.1, 0.15) is 0 Å². The lowest BCUT2D eigenvalue weighted by molar-refractivity contribution is 1.25. The van der Waals surface area contributed by atoms with Crippen molar-refractivity contribution in [3.05, 3.63) is 91.2 Å². The fraction of sp³-hybridized carbons (Fsp3) is 0.200. The zero-order chi connectivity index (χ0) is 20.1. The third kappa shape index (κ3) is 5.75. The minimum atomic E-state index is 0.885. The first-order valence-electron chi connectivity index (χ1n) is 9.61. The highest BCUT2D eigenvalue weighted by atomic mass is 14.8. The molecule has 0 radical (unpaired) electrons. The van der Waals surface area contributed by atoms with Crippen LogP contribution in [0.25, 0.3) is 27.9 Å². The number of aromatic nitrogens is 2. The van der Waals surface area contributed by atoms with Crippen LogP contribution in [-0.2, 0) is 0 Å². The Balaban J connectivity index is 0.000000855. The minimum Gasteiger partial charge on any atom is -0.244 e. The van der Waals surface area contributed by atoms with E-state index in [9.17, 15) is 0 Å². The van der Waals surface area contributed by atoms with Gasteiger partial charge in [0.05, 0.1) is 22.4 Å². The highest BCUT2D eigenvalue weighted by Crippen LogP contribution is 2.28. The van der Waals surface area contributed by atoms with E-state index >= 15 is 0 Å². The molecule has 0 N–H and O–H groups in total. The van der Waals surface area contributed by atoms with Gasteiger partial charge in [0.2, 0.25) is 0 Å². The SMILES string of the molecule is C=C/C=C\C(=C/C)c1nc2ccccc2nc1-c1ccccc1.CC.CC. The van der Waals surface area contributed by atoms with Gasteiger partial charge in [-0.25, -0.2) is 9.97 Å². The summed E-state index contributed by atoms with van der Waals surface area (Å²) in [7, 11) is 0. The molecule has 0 spiro atoms. The molecule has 0 fully saturated rings. The van der Waals surface area contributed by atoms with Crippen molar-refractivity contribution in [2.45, 2.75) is 34.6 Å². The van der Waals surface area contributed by atoms with E-state index < -0.39 is 0 Å². The van der Waals surface area contributed by atoms with E-state index in [1.807, 2.05) is 95.3 Å². The van der Waals surface area contributed by atoms with Gasteiger partial charge < -0.3 is 0 Å². The molecule has 3 aromatic rings. The number of allylic oxidation sites excluding steroid dienone is 5. The highest BCUT2D eigenvalue weighted by Gasteiger charge is 2.12.